The van der Waals surface area contributed by atoms with Gasteiger partial charge in [-0.25, -0.2) is 0 Å². The molecule has 3 nitrogen and oxygen atoms in total. The van der Waals surface area contributed by atoms with E-state index >= 15 is 0 Å². The molecule has 3 aliphatic rings. The van der Waals surface area contributed by atoms with E-state index in [1.165, 1.54) is 61.9 Å². The van der Waals surface area contributed by atoms with E-state index in [0.29, 0.717) is 0 Å². The zero-order chi connectivity index (χ0) is 22.2. The molecule has 34 heavy (non-hydrogen) atoms. The highest BCUT2D eigenvalue weighted by atomic mass is 15.2. The number of nitrogens with zero attached hydrogens (tertiary/aromatic N) is 2. The fraction of sp³-hybridized carbons (Fsp3) is 0. The minimum absolute atomic E-state index is 0.199. The molecule has 0 aromatic heterocycles. The third kappa shape index (κ3) is 2.22. The number of hydrogen-bond donors (Lipinski definition) is 1. The summed E-state index contributed by atoms with van der Waals surface area (Å²) in [5, 5.41) is 3.77. The number of benzene rings is 5. The fourth-order valence-electron chi connectivity index (χ4n) is 6.10. The summed E-state index contributed by atoms with van der Waals surface area (Å²) >= 11 is 0. The second-order valence-electron chi connectivity index (χ2n) is 9.09. The van der Waals surface area contributed by atoms with Crippen molar-refractivity contribution in [2.45, 2.75) is 0 Å². The largest absolute Gasteiger partial charge is 0.356 e. The predicted octanol–water partition coefficient (Wildman–Crippen LogP) is 5.83. The lowest BCUT2D eigenvalue weighted by molar-refractivity contribution is 1.25. The highest BCUT2D eigenvalue weighted by Crippen LogP contribution is 2.46. The molecule has 0 atom stereocenters. The molecule has 0 spiro atoms. The van der Waals surface area contributed by atoms with Crippen LogP contribution in [0.2, 0.25) is 0 Å². The Balaban J connectivity index is 1.52. The van der Waals surface area contributed by atoms with Crippen molar-refractivity contribution in [1.29, 1.82) is 0 Å². The average Bonchev–Trinajstić information content (AvgIpc) is 2.90. The van der Waals surface area contributed by atoms with Crippen molar-refractivity contribution in [1.82, 2.24) is 0 Å². The molecule has 158 valence electrons. The lowest BCUT2D eigenvalue weighted by Crippen LogP contribution is -2.63. The highest BCUT2D eigenvalue weighted by Gasteiger charge is 2.46. The van der Waals surface area contributed by atoms with Gasteiger partial charge in [0.15, 0.2) is 0 Å². The summed E-state index contributed by atoms with van der Waals surface area (Å²) in [7, 11) is 0. The molecule has 4 heteroatoms. The molecule has 8 rings (SSSR count). The van der Waals surface area contributed by atoms with Gasteiger partial charge in [0, 0.05) is 45.5 Å². The second-order valence-corrected chi connectivity index (χ2v) is 9.09. The molecule has 3 aliphatic heterocycles. The van der Waals surface area contributed by atoms with Gasteiger partial charge in [-0.1, -0.05) is 54.6 Å². The minimum Gasteiger partial charge on any atom is -0.356 e. The molecule has 5 aromatic rings. The first-order valence-corrected chi connectivity index (χ1v) is 11.8. The van der Waals surface area contributed by atoms with Crippen LogP contribution in [0.5, 0.6) is 0 Å². The van der Waals surface area contributed by atoms with Crippen LogP contribution in [0.25, 0.3) is 0 Å². The third-order valence-corrected chi connectivity index (χ3v) is 7.35. The van der Waals surface area contributed by atoms with E-state index in [1.807, 2.05) is 0 Å². The van der Waals surface area contributed by atoms with Gasteiger partial charge >= 0.3 is 0 Å². The van der Waals surface area contributed by atoms with Crippen LogP contribution in [0.15, 0.2) is 115 Å². The van der Waals surface area contributed by atoms with Crippen molar-refractivity contribution in [3.8, 4) is 0 Å². The van der Waals surface area contributed by atoms with Crippen LogP contribution in [-0.2, 0) is 0 Å². The van der Waals surface area contributed by atoms with Crippen molar-refractivity contribution < 1.29 is 0 Å². The number of anilines is 8. The normalized spacial score (nSPS) is 13.9. The van der Waals surface area contributed by atoms with Crippen molar-refractivity contribution in [2.75, 3.05) is 15.1 Å². The molecule has 0 aliphatic carbocycles. The monoisotopic (exact) mass is 433 g/mol. The average molecular weight is 433 g/mol. The lowest BCUT2D eigenvalue weighted by Gasteiger charge is -2.46. The summed E-state index contributed by atoms with van der Waals surface area (Å²) in [6, 6.07) is 41.5. The van der Waals surface area contributed by atoms with Gasteiger partial charge < -0.3 is 15.1 Å². The van der Waals surface area contributed by atoms with Crippen molar-refractivity contribution in [2.24, 2.45) is 0 Å². The van der Waals surface area contributed by atoms with Gasteiger partial charge in [0.25, 0.3) is 6.71 Å². The molecule has 0 unspecified atom stereocenters. The van der Waals surface area contributed by atoms with E-state index < -0.39 is 0 Å². The Kier molecular flexibility index (Phi) is 3.48. The van der Waals surface area contributed by atoms with Gasteiger partial charge in [0.1, 0.15) is 0 Å². The SMILES string of the molecule is c1ccc(N2c3cccc4c3B3c5c(cccc5N(c5ccccc5)c5cccc2c53)N4)cc1. The summed E-state index contributed by atoms with van der Waals surface area (Å²) in [6.07, 6.45) is 0. The molecular weight excluding hydrogens is 413 g/mol. The van der Waals surface area contributed by atoms with Gasteiger partial charge in [-0.05, 0) is 77.1 Å². The Labute approximate surface area is 199 Å². The van der Waals surface area contributed by atoms with E-state index in [-0.39, 0.29) is 6.71 Å². The Hall–Kier alpha value is -4.44. The second kappa shape index (κ2) is 6.55. The van der Waals surface area contributed by atoms with Crippen molar-refractivity contribution >= 4 is 68.6 Å². The third-order valence-electron chi connectivity index (χ3n) is 7.35. The van der Waals surface area contributed by atoms with E-state index in [9.17, 15) is 0 Å². The van der Waals surface area contributed by atoms with E-state index in [4.69, 9.17) is 0 Å². The molecule has 0 bridgehead atoms. The van der Waals surface area contributed by atoms with Gasteiger partial charge in [-0.3, -0.25) is 0 Å². The zero-order valence-electron chi connectivity index (χ0n) is 18.4. The Morgan fingerprint density at radius 2 is 0.824 bits per heavy atom. The first-order valence-electron chi connectivity index (χ1n) is 11.8. The van der Waals surface area contributed by atoms with Gasteiger partial charge in [-0.2, -0.15) is 0 Å². The fourth-order valence-corrected chi connectivity index (χ4v) is 6.10. The quantitative estimate of drug-likeness (QED) is 0.347. The van der Waals surface area contributed by atoms with Crippen LogP contribution in [0.4, 0.5) is 45.5 Å². The number of para-hydroxylation sites is 2. The summed E-state index contributed by atoms with van der Waals surface area (Å²) in [5.74, 6) is 0. The van der Waals surface area contributed by atoms with E-state index in [1.54, 1.807) is 0 Å². The van der Waals surface area contributed by atoms with Gasteiger partial charge in [-0.15, -0.1) is 0 Å². The molecule has 3 heterocycles. The summed E-state index contributed by atoms with van der Waals surface area (Å²) in [6.45, 7) is 0.199. The summed E-state index contributed by atoms with van der Waals surface area (Å²) in [5.41, 5.74) is 13.8. The van der Waals surface area contributed by atoms with Crippen LogP contribution < -0.4 is 31.5 Å². The maximum atomic E-state index is 3.77. The van der Waals surface area contributed by atoms with Gasteiger partial charge in [0.2, 0.25) is 0 Å². The van der Waals surface area contributed by atoms with Crippen molar-refractivity contribution in [3.63, 3.8) is 0 Å². The smallest absolute Gasteiger partial charge is 0.257 e. The number of hydrogen-bond acceptors (Lipinski definition) is 3. The lowest BCUT2D eigenvalue weighted by atomic mass is 9.32. The Morgan fingerprint density at radius 3 is 1.29 bits per heavy atom. The molecule has 0 radical (unpaired) electrons. The molecule has 0 amide bonds. The highest BCUT2D eigenvalue weighted by molar-refractivity contribution is 7.02. The molecule has 5 aromatic carbocycles. The molecule has 0 fully saturated rings. The molecule has 0 saturated carbocycles. The minimum atomic E-state index is 0.199. The first kappa shape index (κ1) is 18.0. The molecular formula is C30H20BN3. The van der Waals surface area contributed by atoms with E-state index in [2.05, 4.69) is 130 Å². The maximum absolute atomic E-state index is 3.77. The van der Waals surface area contributed by atoms with Crippen LogP contribution in [0, 0.1) is 0 Å². The molecule has 1 N–H and O–H groups in total. The summed E-state index contributed by atoms with van der Waals surface area (Å²) in [4.78, 5) is 4.86. The van der Waals surface area contributed by atoms with Crippen LogP contribution in [0.3, 0.4) is 0 Å². The van der Waals surface area contributed by atoms with Crippen LogP contribution >= 0.6 is 0 Å². The standard InChI is InChI=1S/C30H20BN3/c1-3-10-20(11-4-1)33-24-16-7-14-22-28(24)31-29-23(32-22)15-8-17-25(29)34(21-12-5-2-6-13-21)27-19-9-18-26(33)30(27)31/h1-19,32H. The Bertz CT molecular complexity index is 1480. The van der Waals surface area contributed by atoms with E-state index in [0.717, 1.165) is 0 Å². The van der Waals surface area contributed by atoms with Gasteiger partial charge in [0.05, 0.1) is 0 Å². The predicted molar refractivity (Wildman–Crippen MR) is 144 cm³/mol. The zero-order valence-corrected chi connectivity index (χ0v) is 18.4. The number of rotatable bonds is 2. The van der Waals surface area contributed by atoms with Crippen LogP contribution in [0.1, 0.15) is 0 Å². The van der Waals surface area contributed by atoms with Crippen molar-refractivity contribution in [3.05, 3.63) is 115 Å². The van der Waals surface area contributed by atoms with Crippen LogP contribution in [-0.4, -0.2) is 6.71 Å². The first-order chi connectivity index (χ1) is 16.9. The topological polar surface area (TPSA) is 18.5 Å². The number of nitrogens with one attached hydrogen (secondary N) is 1. The maximum Gasteiger partial charge on any atom is 0.257 e. The Morgan fingerprint density at radius 1 is 0.412 bits per heavy atom. The summed E-state index contributed by atoms with van der Waals surface area (Å²) < 4.78 is 0. The molecule has 0 saturated heterocycles.